The van der Waals surface area contributed by atoms with Crippen LogP contribution in [0, 0.1) is 0 Å². The molecule has 1 saturated heterocycles. The van der Waals surface area contributed by atoms with E-state index in [1.807, 2.05) is 0 Å². The molecule has 2 atom stereocenters. The average Bonchev–Trinajstić information content (AvgIpc) is 2.34. The van der Waals surface area contributed by atoms with Gasteiger partial charge in [-0.25, -0.2) is 13.2 Å². The smallest absolute Gasteiger partial charge is 0.326 e. The fourth-order valence-electron chi connectivity index (χ4n) is 2.13. The fraction of sp³-hybridized carbons (Fsp3) is 0.818. The van der Waals surface area contributed by atoms with Crippen molar-refractivity contribution in [3.63, 3.8) is 0 Å². The molecule has 1 fully saturated rings. The number of aliphatic carboxylic acids is 1. The van der Waals surface area contributed by atoms with Crippen LogP contribution < -0.4 is 5.73 Å². The monoisotopic (exact) mass is 292 g/mol. The normalized spacial score (nSPS) is 22.0. The summed E-state index contributed by atoms with van der Waals surface area (Å²) in [5.41, 5.74) is 5.67. The van der Waals surface area contributed by atoms with Crippen molar-refractivity contribution in [3.05, 3.63) is 0 Å². The van der Waals surface area contributed by atoms with Crippen molar-refractivity contribution < 1.29 is 23.1 Å². The molecule has 8 heteroatoms. The molecular formula is C11H20N2O5S. The van der Waals surface area contributed by atoms with Crippen molar-refractivity contribution >= 4 is 21.7 Å². The van der Waals surface area contributed by atoms with E-state index in [9.17, 15) is 18.0 Å². The molecule has 0 aliphatic carbocycles. The van der Waals surface area contributed by atoms with Gasteiger partial charge in [-0.15, -0.1) is 0 Å². The highest BCUT2D eigenvalue weighted by Crippen LogP contribution is 2.18. The summed E-state index contributed by atoms with van der Waals surface area (Å²) in [6.07, 6.45) is 3.01. The summed E-state index contributed by atoms with van der Waals surface area (Å²) in [5.74, 6) is -1.69. The molecule has 1 amide bonds. The fourth-order valence-corrected chi connectivity index (χ4v) is 2.81. The van der Waals surface area contributed by atoms with Crippen molar-refractivity contribution in [2.45, 2.75) is 37.8 Å². The number of nitrogens with two attached hydrogens (primary N) is 1. The number of likely N-dealkylation sites (tertiary alicyclic amines) is 1. The van der Waals surface area contributed by atoms with Gasteiger partial charge < -0.3 is 15.7 Å². The minimum Gasteiger partial charge on any atom is -0.480 e. The molecule has 1 heterocycles. The second-order valence-electron chi connectivity index (χ2n) is 4.91. The Bertz CT molecular complexity index is 448. The lowest BCUT2D eigenvalue weighted by Gasteiger charge is -2.34. The topological polar surface area (TPSA) is 118 Å². The number of sulfone groups is 1. The molecule has 1 aliphatic heterocycles. The van der Waals surface area contributed by atoms with Crippen molar-refractivity contribution in [1.82, 2.24) is 4.90 Å². The van der Waals surface area contributed by atoms with E-state index in [2.05, 4.69) is 0 Å². The molecular weight excluding hydrogens is 272 g/mol. The quantitative estimate of drug-likeness (QED) is 0.686. The molecule has 0 spiro atoms. The van der Waals surface area contributed by atoms with Crippen molar-refractivity contribution in [2.24, 2.45) is 5.73 Å². The van der Waals surface area contributed by atoms with E-state index in [0.717, 1.165) is 19.1 Å². The van der Waals surface area contributed by atoms with Gasteiger partial charge in [0.25, 0.3) is 0 Å². The summed E-state index contributed by atoms with van der Waals surface area (Å²) in [7, 11) is -3.18. The molecule has 0 aromatic carbocycles. The number of hydrogen-bond acceptors (Lipinski definition) is 5. The molecule has 1 rings (SSSR count). The van der Waals surface area contributed by atoms with Crippen molar-refractivity contribution in [2.75, 3.05) is 18.6 Å². The maximum atomic E-state index is 12.1. The standard InChI is InChI=1S/C11H20N2O5S/c1-19(17,18)7-5-8(12)10(14)13-6-3-2-4-9(13)11(15)16/h8-9H,2-7,12H2,1H3,(H,15,16)/t8?,9-/m1/s1. The third kappa shape index (κ3) is 4.79. The Morgan fingerprint density at radius 2 is 2.05 bits per heavy atom. The second-order valence-corrected chi connectivity index (χ2v) is 7.17. The summed E-state index contributed by atoms with van der Waals surface area (Å²) in [4.78, 5) is 24.4. The first-order valence-electron chi connectivity index (χ1n) is 6.19. The van der Waals surface area contributed by atoms with E-state index in [1.54, 1.807) is 0 Å². The second kappa shape index (κ2) is 6.33. The van der Waals surface area contributed by atoms with Gasteiger partial charge in [0.15, 0.2) is 0 Å². The molecule has 1 aliphatic rings. The van der Waals surface area contributed by atoms with Gasteiger partial charge in [-0.3, -0.25) is 4.79 Å². The summed E-state index contributed by atoms with van der Waals surface area (Å²) in [5, 5.41) is 9.07. The van der Waals surface area contributed by atoms with Crippen LogP contribution in [0.25, 0.3) is 0 Å². The predicted octanol–water partition coefficient (Wildman–Crippen LogP) is -0.786. The number of carbonyl (C=O) groups excluding carboxylic acids is 1. The highest BCUT2D eigenvalue weighted by atomic mass is 32.2. The van der Waals surface area contributed by atoms with Crippen LogP contribution in [-0.4, -0.2) is 60.9 Å². The molecule has 0 aromatic heterocycles. The first kappa shape index (κ1) is 15.9. The van der Waals surface area contributed by atoms with Crippen LogP contribution in [-0.2, 0) is 19.4 Å². The Kier molecular flexibility index (Phi) is 5.30. The number of amides is 1. The Labute approximate surface area is 112 Å². The lowest BCUT2D eigenvalue weighted by molar-refractivity contribution is -0.152. The number of carbonyl (C=O) groups is 2. The predicted molar refractivity (Wildman–Crippen MR) is 69.3 cm³/mol. The zero-order valence-electron chi connectivity index (χ0n) is 10.9. The van der Waals surface area contributed by atoms with Gasteiger partial charge in [-0.2, -0.15) is 0 Å². The van der Waals surface area contributed by atoms with E-state index in [-0.39, 0.29) is 12.2 Å². The molecule has 0 bridgehead atoms. The van der Waals surface area contributed by atoms with Crippen LogP contribution in [0.15, 0.2) is 0 Å². The number of piperidine rings is 1. The molecule has 0 radical (unpaired) electrons. The van der Waals surface area contributed by atoms with Crippen LogP contribution >= 0.6 is 0 Å². The Balaban J connectivity index is 2.66. The molecule has 110 valence electrons. The Morgan fingerprint density at radius 3 is 2.58 bits per heavy atom. The zero-order chi connectivity index (χ0) is 14.6. The molecule has 7 nitrogen and oxygen atoms in total. The maximum Gasteiger partial charge on any atom is 0.326 e. The molecule has 3 N–H and O–H groups in total. The number of hydrogen-bond donors (Lipinski definition) is 2. The highest BCUT2D eigenvalue weighted by Gasteiger charge is 2.34. The summed E-state index contributed by atoms with van der Waals surface area (Å²) < 4.78 is 22.1. The van der Waals surface area contributed by atoms with Crippen LogP contribution in [0.3, 0.4) is 0 Å². The van der Waals surface area contributed by atoms with Crippen LogP contribution in [0.2, 0.25) is 0 Å². The lowest BCUT2D eigenvalue weighted by Crippen LogP contribution is -2.53. The number of nitrogens with zero attached hydrogens (tertiary/aromatic N) is 1. The van der Waals surface area contributed by atoms with E-state index in [4.69, 9.17) is 10.8 Å². The Morgan fingerprint density at radius 1 is 1.42 bits per heavy atom. The Hall–Kier alpha value is -1.15. The zero-order valence-corrected chi connectivity index (χ0v) is 11.7. The van der Waals surface area contributed by atoms with Crippen LogP contribution in [0.1, 0.15) is 25.7 Å². The van der Waals surface area contributed by atoms with E-state index < -0.39 is 33.8 Å². The largest absolute Gasteiger partial charge is 0.480 e. The molecule has 19 heavy (non-hydrogen) atoms. The number of rotatable bonds is 5. The van der Waals surface area contributed by atoms with Gasteiger partial charge >= 0.3 is 5.97 Å². The van der Waals surface area contributed by atoms with Crippen molar-refractivity contribution in [3.8, 4) is 0 Å². The van der Waals surface area contributed by atoms with Gasteiger partial charge in [-0.05, 0) is 25.7 Å². The van der Waals surface area contributed by atoms with Crippen molar-refractivity contribution in [1.29, 1.82) is 0 Å². The van der Waals surface area contributed by atoms with Gasteiger partial charge in [0.2, 0.25) is 5.91 Å². The summed E-state index contributed by atoms with van der Waals surface area (Å²) in [6, 6.07) is -1.81. The van der Waals surface area contributed by atoms with Gasteiger partial charge in [0.05, 0.1) is 11.8 Å². The van der Waals surface area contributed by atoms with Gasteiger partial charge in [0.1, 0.15) is 15.9 Å². The van der Waals surface area contributed by atoms with Crippen LogP contribution in [0.4, 0.5) is 0 Å². The minimum absolute atomic E-state index is 0.0144. The molecule has 0 saturated carbocycles. The van der Waals surface area contributed by atoms with Crippen LogP contribution in [0.5, 0.6) is 0 Å². The van der Waals surface area contributed by atoms with E-state index in [0.29, 0.717) is 13.0 Å². The van der Waals surface area contributed by atoms with E-state index in [1.165, 1.54) is 4.90 Å². The van der Waals surface area contributed by atoms with Gasteiger partial charge in [-0.1, -0.05) is 0 Å². The lowest BCUT2D eigenvalue weighted by atomic mass is 10.0. The third-order valence-electron chi connectivity index (χ3n) is 3.19. The average molecular weight is 292 g/mol. The molecule has 0 aromatic rings. The third-order valence-corrected chi connectivity index (χ3v) is 4.17. The summed E-state index contributed by atoms with van der Waals surface area (Å²) >= 11 is 0. The molecule has 1 unspecified atom stereocenters. The minimum atomic E-state index is -3.18. The maximum absolute atomic E-state index is 12.1. The summed E-state index contributed by atoms with van der Waals surface area (Å²) in [6.45, 7) is 0.363. The number of carboxylic acids is 1. The first-order chi connectivity index (χ1) is 8.72. The highest BCUT2D eigenvalue weighted by molar-refractivity contribution is 7.90. The first-order valence-corrected chi connectivity index (χ1v) is 8.25. The van der Waals surface area contributed by atoms with E-state index >= 15 is 0 Å². The SMILES string of the molecule is CS(=O)(=O)CCC(N)C(=O)N1CCCC[C@@H]1C(=O)O. The number of carboxylic acid groups (broad SMARTS) is 1. The van der Waals surface area contributed by atoms with Gasteiger partial charge in [0, 0.05) is 12.8 Å².